The Morgan fingerprint density at radius 3 is 2.44 bits per heavy atom. The lowest BCUT2D eigenvalue weighted by Gasteiger charge is -2.14. The Hall–Kier alpha value is -2.04. The number of hydrogen-bond donors (Lipinski definition) is 0. The first kappa shape index (κ1) is 14.0. The molecule has 0 aromatic rings. The molecule has 0 saturated carbocycles. The topological polar surface area (TPSA) is 61.8 Å². The molecule has 5 nitrogen and oxygen atoms in total. The summed E-state index contributed by atoms with van der Waals surface area (Å²) in [5.41, 5.74) is 1.29. The van der Waals surface area contributed by atoms with Crippen molar-refractivity contribution in [2.45, 2.75) is 13.3 Å². The molecule has 1 aliphatic carbocycles. The average Bonchev–Trinajstić information content (AvgIpc) is 2.43. The normalized spacial score (nSPS) is 16.7. The average molecular weight is 252 g/mol. The van der Waals surface area contributed by atoms with E-state index < -0.39 is 11.9 Å². The highest BCUT2D eigenvalue weighted by atomic mass is 16.5. The summed E-state index contributed by atoms with van der Waals surface area (Å²) in [5.74, 6) is -1.09. The van der Waals surface area contributed by atoms with Crippen molar-refractivity contribution in [2.75, 3.05) is 20.8 Å². The second kappa shape index (κ2) is 6.64. The van der Waals surface area contributed by atoms with Gasteiger partial charge in [-0.3, -0.25) is 0 Å². The SMILES string of the molecule is CCOC=C1C=CC(C(=O)OC)=C(C(=O)OC)C1. The zero-order valence-electron chi connectivity index (χ0n) is 10.7. The van der Waals surface area contributed by atoms with Gasteiger partial charge < -0.3 is 14.2 Å². The van der Waals surface area contributed by atoms with Crippen molar-refractivity contribution >= 4 is 11.9 Å². The van der Waals surface area contributed by atoms with E-state index in [9.17, 15) is 9.59 Å². The summed E-state index contributed by atoms with van der Waals surface area (Å²) in [7, 11) is 2.54. The Bertz CT molecular complexity index is 429. The van der Waals surface area contributed by atoms with Crippen molar-refractivity contribution in [3.63, 3.8) is 0 Å². The molecule has 0 aromatic carbocycles. The van der Waals surface area contributed by atoms with Crippen LogP contribution in [-0.2, 0) is 23.8 Å². The minimum atomic E-state index is -0.554. The standard InChI is InChI=1S/C13H16O5/c1-4-18-8-9-5-6-10(12(14)16-2)11(7-9)13(15)17-3/h5-6,8H,4,7H2,1-3H3. The van der Waals surface area contributed by atoms with Crippen LogP contribution in [0.2, 0.25) is 0 Å². The van der Waals surface area contributed by atoms with Gasteiger partial charge in [0.25, 0.3) is 0 Å². The summed E-state index contributed by atoms with van der Waals surface area (Å²) in [6.07, 6.45) is 5.10. The van der Waals surface area contributed by atoms with Crippen LogP contribution in [-0.4, -0.2) is 32.8 Å². The maximum absolute atomic E-state index is 11.6. The number of carbonyl (C=O) groups is 2. The lowest BCUT2D eigenvalue weighted by molar-refractivity contribution is -0.139. The van der Waals surface area contributed by atoms with Crippen LogP contribution < -0.4 is 0 Å². The van der Waals surface area contributed by atoms with E-state index >= 15 is 0 Å². The molecule has 1 aliphatic rings. The molecule has 18 heavy (non-hydrogen) atoms. The Labute approximate surface area is 106 Å². The third kappa shape index (κ3) is 3.23. The van der Waals surface area contributed by atoms with Crippen LogP contribution in [0.5, 0.6) is 0 Å². The lowest BCUT2D eigenvalue weighted by Crippen LogP contribution is -2.16. The molecule has 0 unspecified atom stereocenters. The predicted molar refractivity (Wildman–Crippen MR) is 64.5 cm³/mol. The van der Waals surface area contributed by atoms with Gasteiger partial charge in [-0.25, -0.2) is 9.59 Å². The molecule has 0 bridgehead atoms. The number of hydrogen-bond acceptors (Lipinski definition) is 5. The Kier molecular flexibility index (Phi) is 5.17. The van der Waals surface area contributed by atoms with Gasteiger partial charge in [-0.15, -0.1) is 0 Å². The summed E-state index contributed by atoms with van der Waals surface area (Å²) in [6, 6.07) is 0. The van der Waals surface area contributed by atoms with E-state index in [1.165, 1.54) is 20.3 Å². The zero-order chi connectivity index (χ0) is 13.5. The smallest absolute Gasteiger partial charge is 0.338 e. The summed E-state index contributed by atoms with van der Waals surface area (Å²) in [5, 5.41) is 0. The number of rotatable bonds is 4. The van der Waals surface area contributed by atoms with Crippen molar-refractivity contribution in [3.8, 4) is 0 Å². The second-order valence-corrected chi connectivity index (χ2v) is 3.53. The fourth-order valence-corrected chi connectivity index (χ4v) is 1.53. The van der Waals surface area contributed by atoms with Crippen LogP contribution in [0, 0.1) is 0 Å². The number of carbonyl (C=O) groups excluding carboxylic acids is 2. The molecule has 0 saturated heterocycles. The molecule has 0 heterocycles. The van der Waals surface area contributed by atoms with Gasteiger partial charge in [-0.2, -0.15) is 0 Å². The highest BCUT2D eigenvalue weighted by Crippen LogP contribution is 2.25. The zero-order valence-corrected chi connectivity index (χ0v) is 10.7. The fourth-order valence-electron chi connectivity index (χ4n) is 1.53. The van der Waals surface area contributed by atoms with Gasteiger partial charge in [-0.1, -0.05) is 6.08 Å². The van der Waals surface area contributed by atoms with Crippen LogP contribution in [0.25, 0.3) is 0 Å². The summed E-state index contributed by atoms with van der Waals surface area (Å²) >= 11 is 0. The van der Waals surface area contributed by atoms with Crippen LogP contribution >= 0.6 is 0 Å². The maximum atomic E-state index is 11.6. The van der Waals surface area contributed by atoms with Crippen molar-refractivity contribution in [2.24, 2.45) is 0 Å². The third-order valence-corrected chi connectivity index (χ3v) is 2.41. The number of methoxy groups -OCH3 is 2. The molecular weight excluding hydrogens is 236 g/mol. The fraction of sp³-hybridized carbons (Fsp3) is 0.385. The van der Waals surface area contributed by atoms with Gasteiger partial charge in [0, 0.05) is 6.42 Å². The molecule has 0 spiro atoms. The first-order valence-corrected chi connectivity index (χ1v) is 5.52. The number of ether oxygens (including phenoxy) is 3. The highest BCUT2D eigenvalue weighted by molar-refractivity contribution is 6.03. The Balaban J connectivity index is 3.04. The van der Waals surface area contributed by atoms with Crippen LogP contribution in [0.3, 0.4) is 0 Å². The first-order chi connectivity index (χ1) is 8.63. The Morgan fingerprint density at radius 1 is 1.22 bits per heavy atom. The Morgan fingerprint density at radius 2 is 1.89 bits per heavy atom. The molecule has 98 valence electrons. The second-order valence-electron chi connectivity index (χ2n) is 3.53. The van der Waals surface area contributed by atoms with Crippen LogP contribution in [0.4, 0.5) is 0 Å². The van der Waals surface area contributed by atoms with E-state index in [1.807, 2.05) is 6.92 Å². The van der Waals surface area contributed by atoms with E-state index in [2.05, 4.69) is 9.47 Å². The van der Waals surface area contributed by atoms with Crippen molar-refractivity contribution in [3.05, 3.63) is 35.1 Å². The molecule has 0 aliphatic heterocycles. The molecule has 5 heteroatoms. The molecule has 0 radical (unpaired) electrons. The van der Waals surface area contributed by atoms with Gasteiger partial charge >= 0.3 is 11.9 Å². The van der Waals surface area contributed by atoms with E-state index in [-0.39, 0.29) is 17.6 Å². The number of allylic oxidation sites excluding steroid dienone is 2. The van der Waals surface area contributed by atoms with Crippen molar-refractivity contribution < 1.29 is 23.8 Å². The minimum absolute atomic E-state index is 0.220. The molecule has 1 rings (SSSR count). The molecule has 0 N–H and O–H groups in total. The van der Waals surface area contributed by atoms with Crippen molar-refractivity contribution in [1.29, 1.82) is 0 Å². The molecular formula is C13H16O5. The van der Waals surface area contributed by atoms with Gasteiger partial charge in [0.15, 0.2) is 0 Å². The number of esters is 2. The molecule has 0 amide bonds. The van der Waals surface area contributed by atoms with Crippen LogP contribution in [0.1, 0.15) is 13.3 Å². The molecule has 0 atom stereocenters. The minimum Gasteiger partial charge on any atom is -0.501 e. The third-order valence-electron chi connectivity index (χ3n) is 2.41. The highest BCUT2D eigenvalue weighted by Gasteiger charge is 2.24. The first-order valence-electron chi connectivity index (χ1n) is 5.52. The predicted octanol–water partition coefficient (Wildman–Crippen LogP) is 1.51. The van der Waals surface area contributed by atoms with Gasteiger partial charge in [0.2, 0.25) is 0 Å². The van der Waals surface area contributed by atoms with Crippen molar-refractivity contribution in [1.82, 2.24) is 0 Å². The summed E-state index contributed by atoms with van der Waals surface area (Å²) in [6.45, 7) is 2.40. The van der Waals surface area contributed by atoms with Gasteiger partial charge in [0.1, 0.15) is 0 Å². The molecule has 0 fully saturated rings. The largest absolute Gasteiger partial charge is 0.501 e. The van der Waals surface area contributed by atoms with E-state index in [0.29, 0.717) is 6.61 Å². The van der Waals surface area contributed by atoms with E-state index in [0.717, 1.165) is 5.57 Å². The van der Waals surface area contributed by atoms with E-state index in [1.54, 1.807) is 12.3 Å². The molecule has 0 aromatic heterocycles. The summed E-state index contributed by atoms with van der Waals surface area (Å²) in [4.78, 5) is 23.2. The van der Waals surface area contributed by atoms with Crippen LogP contribution in [0.15, 0.2) is 35.1 Å². The van der Waals surface area contributed by atoms with E-state index in [4.69, 9.17) is 4.74 Å². The summed E-state index contributed by atoms with van der Waals surface area (Å²) < 4.78 is 14.4. The maximum Gasteiger partial charge on any atom is 0.338 e. The quantitative estimate of drug-likeness (QED) is 0.560. The van der Waals surface area contributed by atoms with Gasteiger partial charge in [0.05, 0.1) is 38.2 Å². The lowest BCUT2D eigenvalue weighted by atomic mass is 9.94. The monoisotopic (exact) mass is 252 g/mol. The van der Waals surface area contributed by atoms with Gasteiger partial charge in [-0.05, 0) is 18.6 Å².